The number of fused-ring (bicyclic) bond motifs is 2. The second kappa shape index (κ2) is 5.05. The Morgan fingerprint density at radius 3 is 2.74 bits per heavy atom. The highest BCUT2D eigenvalue weighted by Crippen LogP contribution is 2.16. The fourth-order valence-corrected chi connectivity index (χ4v) is 2.80. The molecule has 23 heavy (non-hydrogen) atoms. The van der Waals surface area contributed by atoms with Crippen molar-refractivity contribution < 1.29 is 4.39 Å². The van der Waals surface area contributed by atoms with E-state index in [0.717, 1.165) is 16.6 Å². The van der Waals surface area contributed by atoms with Crippen LogP contribution in [-0.4, -0.2) is 14.5 Å². The minimum absolute atomic E-state index is 0.0738. The van der Waals surface area contributed by atoms with Crippen molar-refractivity contribution in [1.82, 2.24) is 14.5 Å². The summed E-state index contributed by atoms with van der Waals surface area (Å²) in [5.74, 6) is -0.265. The number of imidazole rings is 1. The zero-order valence-corrected chi connectivity index (χ0v) is 12.5. The lowest BCUT2D eigenvalue weighted by Crippen LogP contribution is -2.06. The van der Waals surface area contributed by atoms with Gasteiger partial charge in [0.2, 0.25) is 5.43 Å². The van der Waals surface area contributed by atoms with Gasteiger partial charge in [-0.25, -0.2) is 9.37 Å². The molecule has 0 aliphatic heterocycles. The second-order valence-corrected chi connectivity index (χ2v) is 5.70. The van der Waals surface area contributed by atoms with E-state index in [9.17, 15) is 9.18 Å². The van der Waals surface area contributed by atoms with Crippen molar-refractivity contribution in [1.29, 1.82) is 0 Å². The summed E-state index contributed by atoms with van der Waals surface area (Å²) in [5.41, 5.74) is 3.79. The van der Waals surface area contributed by atoms with Crippen LogP contribution in [0.4, 0.5) is 4.39 Å². The summed E-state index contributed by atoms with van der Waals surface area (Å²) in [6, 6.07) is 12.0. The number of halogens is 1. The van der Waals surface area contributed by atoms with Crippen molar-refractivity contribution in [3.05, 3.63) is 76.0 Å². The number of pyridine rings is 1. The average Bonchev–Trinajstić information content (AvgIpc) is 2.94. The van der Waals surface area contributed by atoms with Gasteiger partial charge in [0.15, 0.2) is 5.52 Å². The van der Waals surface area contributed by atoms with Gasteiger partial charge < -0.3 is 9.55 Å². The first-order valence-electron chi connectivity index (χ1n) is 7.34. The van der Waals surface area contributed by atoms with Crippen molar-refractivity contribution in [3.8, 4) is 0 Å². The molecular formula is C18H14FN3O. The summed E-state index contributed by atoms with van der Waals surface area (Å²) in [6.45, 7) is 2.47. The molecule has 0 radical (unpaired) electrons. The maximum Gasteiger partial charge on any atom is 0.217 e. The van der Waals surface area contributed by atoms with Gasteiger partial charge in [-0.05, 0) is 36.8 Å². The molecule has 114 valence electrons. The number of nitrogens with one attached hydrogen (secondary N) is 1. The molecule has 0 spiro atoms. The summed E-state index contributed by atoms with van der Waals surface area (Å²) in [4.78, 5) is 20.1. The Kier molecular flexibility index (Phi) is 3.01. The van der Waals surface area contributed by atoms with Crippen LogP contribution in [0, 0.1) is 12.7 Å². The van der Waals surface area contributed by atoms with Crippen molar-refractivity contribution >= 4 is 22.1 Å². The predicted molar refractivity (Wildman–Crippen MR) is 88.1 cm³/mol. The Bertz CT molecular complexity index is 1080. The maximum absolute atomic E-state index is 13.0. The zero-order chi connectivity index (χ0) is 16.0. The molecule has 2 aromatic carbocycles. The van der Waals surface area contributed by atoms with Crippen molar-refractivity contribution in [2.24, 2.45) is 0 Å². The van der Waals surface area contributed by atoms with Gasteiger partial charge in [-0.3, -0.25) is 4.79 Å². The van der Waals surface area contributed by atoms with E-state index in [2.05, 4.69) is 9.97 Å². The van der Waals surface area contributed by atoms with E-state index in [1.54, 1.807) is 18.5 Å². The molecule has 0 bridgehead atoms. The third kappa shape index (κ3) is 2.30. The predicted octanol–water partition coefficient (Wildman–Crippen LogP) is 3.37. The highest BCUT2D eigenvalue weighted by Gasteiger charge is 2.11. The summed E-state index contributed by atoms with van der Waals surface area (Å²) in [7, 11) is 0. The Balaban J connectivity index is 1.89. The molecule has 5 heteroatoms. The number of aryl methyl sites for hydroxylation is 1. The molecule has 0 aliphatic carbocycles. The van der Waals surface area contributed by atoms with Crippen LogP contribution in [0.1, 0.15) is 11.1 Å². The Morgan fingerprint density at radius 1 is 1.17 bits per heavy atom. The van der Waals surface area contributed by atoms with Gasteiger partial charge in [-0.2, -0.15) is 0 Å². The number of H-pyrrole nitrogens is 1. The molecule has 4 nitrogen and oxygen atoms in total. The van der Waals surface area contributed by atoms with Crippen LogP contribution in [0.3, 0.4) is 0 Å². The third-order valence-corrected chi connectivity index (χ3v) is 3.99. The molecule has 4 aromatic rings. The first-order chi connectivity index (χ1) is 11.1. The van der Waals surface area contributed by atoms with Crippen LogP contribution < -0.4 is 5.43 Å². The fourth-order valence-electron chi connectivity index (χ4n) is 2.80. The monoisotopic (exact) mass is 307 g/mol. The lowest BCUT2D eigenvalue weighted by molar-refractivity contribution is 0.626. The van der Waals surface area contributed by atoms with E-state index >= 15 is 0 Å². The largest absolute Gasteiger partial charge is 0.339 e. The molecule has 4 rings (SSSR count). The van der Waals surface area contributed by atoms with E-state index in [4.69, 9.17) is 0 Å². The number of hydrogen-bond donors (Lipinski definition) is 1. The quantitative estimate of drug-likeness (QED) is 0.617. The molecule has 2 heterocycles. The van der Waals surface area contributed by atoms with Crippen molar-refractivity contribution in [2.45, 2.75) is 13.5 Å². The van der Waals surface area contributed by atoms with E-state index in [1.165, 1.54) is 12.1 Å². The van der Waals surface area contributed by atoms with Crippen molar-refractivity contribution in [3.63, 3.8) is 0 Å². The van der Waals surface area contributed by atoms with Crippen molar-refractivity contribution in [2.75, 3.05) is 0 Å². The molecule has 2 aromatic heterocycles. The molecule has 0 saturated carbocycles. The molecule has 0 fully saturated rings. The van der Waals surface area contributed by atoms with Crippen LogP contribution in [0.2, 0.25) is 0 Å². The second-order valence-electron chi connectivity index (χ2n) is 5.70. The minimum atomic E-state index is -0.265. The highest BCUT2D eigenvalue weighted by atomic mass is 19.1. The van der Waals surface area contributed by atoms with E-state index in [1.807, 2.05) is 29.7 Å². The number of aromatic amines is 1. The first-order valence-corrected chi connectivity index (χ1v) is 7.34. The van der Waals surface area contributed by atoms with Crippen LogP contribution in [-0.2, 0) is 6.54 Å². The minimum Gasteiger partial charge on any atom is -0.339 e. The normalized spacial score (nSPS) is 11.4. The first kappa shape index (κ1) is 13.7. The summed E-state index contributed by atoms with van der Waals surface area (Å²) >= 11 is 0. The molecule has 0 unspecified atom stereocenters. The zero-order valence-electron chi connectivity index (χ0n) is 12.5. The fraction of sp³-hybridized carbons (Fsp3) is 0.111. The summed E-state index contributed by atoms with van der Waals surface area (Å²) in [6.07, 6.45) is 1.64. The van der Waals surface area contributed by atoms with Gasteiger partial charge in [-0.1, -0.05) is 23.8 Å². The van der Waals surface area contributed by atoms with Gasteiger partial charge in [-0.15, -0.1) is 0 Å². The van der Waals surface area contributed by atoms with Gasteiger partial charge >= 0.3 is 0 Å². The average molecular weight is 307 g/mol. The molecule has 0 amide bonds. The molecule has 1 N–H and O–H groups in total. The molecule has 0 atom stereocenters. The highest BCUT2D eigenvalue weighted by molar-refractivity contribution is 5.89. The SMILES string of the molecule is Cc1ccc2[nH]c3c(ncn3Cc3ccc(F)cc3)c(=O)c2c1. The number of nitrogens with zero attached hydrogens (tertiary/aromatic N) is 2. The Labute approximate surface area is 131 Å². The van der Waals surface area contributed by atoms with E-state index < -0.39 is 0 Å². The van der Waals surface area contributed by atoms with Gasteiger partial charge in [0.1, 0.15) is 11.5 Å². The Morgan fingerprint density at radius 2 is 1.96 bits per heavy atom. The molecule has 0 aliphatic rings. The van der Waals surface area contributed by atoms with Crippen LogP contribution in [0.25, 0.3) is 22.1 Å². The number of hydrogen-bond acceptors (Lipinski definition) is 2. The molecule has 0 saturated heterocycles. The summed E-state index contributed by atoms with van der Waals surface area (Å²) in [5, 5.41) is 0.643. The van der Waals surface area contributed by atoms with Gasteiger partial charge in [0.05, 0.1) is 18.4 Å². The maximum atomic E-state index is 13.0. The standard InChI is InChI=1S/C18H14FN3O/c1-11-2-7-15-14(8-11)17(23)16-18(21-15)22(10-20-16)9-12-3-5-13(19)6-4-12/h2-8,10H,9H2,1H3,(H,21,23). The topological polar surface area (TPSA) is 50.7 Å². The van der Waals surface area contributed by atoms with Crippen LogP contribution >= 0.6 is 0 Å². The number of rotatable bonds is 2. The van der Waals surface area contributed by atoms with Crippen LogP contribution in [0.5, 0.6) is 0 Å². The smallest absolute Gasteiger partial charge is 0.217 e. The lowest BCUT2D eigenvalue weighted by Gasteiger charge is -2.06. The van der Waals surface area contributed by atoms with Crippen LogP contribution in [0.15, 0.2) is 53.6 Å². The third-order valence-electron chi connectivity index (χ3n) is 3.99. The number of benzene rings is 2. The van der Waals surface area contributed by atoms with Gasteiger partial charge in [0, 0.05) is 5.39 Å². The van der Waals surface area contributed by atoms with Gasteiger partial charge in [0.25, 0.3) is 0 Å². The number of aromatic nitrogens is 3. The van der Waals surface area contributed by atoms with E-state index in [0.29, 0.717) is 23.1 Å². The van der Waals surface area contributed by atoms with E-state index in [-0.39, 0.29) is 11.2 Å². The summed E-state index contributed by atoms with van der Waals surface area (Å²) < 4.78 is 14.9. The lowest BCUT2D eigenvalue weighted by atomic mass is 10.1. The Hall–Kier alpha value is -2.95. The molecular weight excluding hydrogens is 293 g/mol.